The number of nitrogens with zero attached hydrogens (tertiary/aromatic N) is 1. The standard InChI is InChI=1S/C12H17F2NO2/c1-2-17-9(16)11-4-3-5-15(11)8-10(6-11)7-12(10,13)14/h2-8H2,1H3/t10-,11+/m1/s1. The van der Waals surface area contributed by atoms with Gasteiger partial charge in [0.05, 0.1) is 12.0 Å². The second kappa shape index (κ2) is 3.19. The molecule has 1 aliphatic carbocycles. The summed E-state index contributed by atoms with van der Waals surface area (Å²) in [7, 11) is 0. The number of alkyl halides is 2. The summed E-state index contributed by atoms with van der Waals surface area (Å²) in [6.45, 7) is 3.18. The van der Waals surface area contributed by atoms with E-state index in [1.165, 1.54) is 0 Å². The van der Waals surface area contributed by atoms with Gasteiger partial charge in [-0.2, -0.15) is 0 Å². The van der Waals surface area contributed by atoms with E-state index < -0.39 is 16.9 Å². The van der Waals surface area contributed by atoms with Crippen molar-refractivity contribution < 1.29 is 18.3 Å². The molecule has 1 saturated carbocycles. The highest BCUT2D eigenvalue weighted by Gasteiger charge is 2.78. The largest absolute Gasteiger partial charge is 0.465 e. The molecule has 2 saturated heterocycles. The number of carbonyl (C=O) groups excluding carboxylic acids is 1. The molecule has 3 fully saturated rings. The first-order chi connectivity index (χ1) is 7.96. The van der Waals surface area contributed by atoms with Gasteiger partial charge in [0.15, 0.2) is 0 Å². The molecule has 0 aromatic heterocycles. The molecule has 0 amide bonds. The Kier molecular flexibility index (Phi) is 2.14. The van der Waals surface area contributed by atoms with Gasteiger partial charge in [0, 0.05) is 13.0 Å². The smallest absolute Gasteiger partial charge is 0.326 e. The second-order valence-corrected chi connectivity index (χ2v) is 5.62. The number of ether oxygens (including phenoxy) is 1. The van der Waals surface area contributed by atoms with Gasteiger partial charge in [-0.3, -0.25) is 9.69 Å². The summed E-state index contributed by atoms with van der Waals surface area (Å²) in [5.41, 5.74) is -1.67. The number of esters is 1. The van der Waals surface area contributed by atoms with E-state index in [-0.39, 0.29) is 18.8 Å². The van der Waals surface area contributed by atoms with E-state index in [0.717, 1.165) is 13.0 Å². The molecular weight excluding hydrogens is 228 g/mol. The number of rotatable bonds is 2. The minimum atomic E-state index is -2.57. The van der Waals surface area contributed by atoms with Gasteiger partial charge >= 0.3 is 5.97 Å². The van der Waals surface area contributed by atoms with Crippen LogP contribution < -0.4 is 0 Å². The van der Waals surface area contributed by atoms with Crippen molar-refractivity contribution in [2.75, 3.05) is 19.7 Å². The highest BCUT2D eigenvalue weighted by atomic mass is 19.3. The fourth-order valence-electron chi connectivity index (χ4n) is 3.66. The van der Waals surface area contributed by atoms with Gasteiger partial charge < -0.3 is 4.74 Å². The quantitative estimate of drug-likeness (QED) is 0.695. The Labute approximate surface area is 99.1 Å². The summed E-state index contributed by atoms with van der Waals surface area (Å²) < 4.78 is 32.0. The van der Waals surface area contributed by atoms with E-state index in [0.29, 0.717) is 19.6 Å². The monoisotopic (exact) mass is 245 g/mol. The molecule has 17 heavy (non-hydrogen) atoms. The zero-order valence-corrected chi connectivity index (χ0v) is 9.97. The van der Waals surface area contributed by atoms with Gasteiger partial charge in [0.1, 0.15) is 5.54 Å². The molecule has 0 unspecified atom stereocenters. The highest BCUT2D eigenvalue weighted by Crippen LogP contribution is 2.69. The van der Waals surface area contributed by atoms with Crippen LogP contribution in [0.2, 0.25) is 0 Å². The highest BCUT2D eigenvalue weighted by molar-refractivity contribution is 5.82. The summed E-state index contributed by atoms with van der Waals surface area (Å²) in [6, 6.07) is 0. The predicted molar refractivity (Wildman–Crippen MR) is 56.8 cm³/mol. The first-order valence-electron chi connectivity index (χ1n) is 6.26. The van der Waals surface area contributed by atoms with E-state index in [4.69, 9.17) is 4.74 Å². The maximum Gasteiger partial charge on any atom is 0.326 e. The zero-order valence-electron chi connectivity index (χ0n) is 9.97. The lowest BCUT2D eigenvalue weighted by atomic mass is 9.88. The second-order valence-electron chi connectivity index (χ2n) is 5.62. The molecule has 0 aromatic carbocycles. The average Bonchev–Trinajstić information content (AvgIpc) is 2.58. The van der Waals surface area contributed by atoms with Crippen molar-refractivity contribution >= 4 is 5.97 Å². The van der Waals surface area contributed by atoms with Crippen molar-refractivity contribution in [3.8, 4) is 0 Å². The average molecular weight is 245 g/mol. The van der Waals surface area contributed by atoms with Crippen LogP contribution in [0.5, 0.6) is 0 Å². The normalized spacial score (nSPS) is 42.8. The van der Waals surface area contributed by atoms with E-state index in [1.807, 2.05) is 4.90 Å². The van der Waals surface area contributed by atoms with Crippen molar-refractivity contribution in [1.82, 2.24) is 4.90 Å². The summed E-state index contributed by atoms with van der Waals surface area (Å²) in [4.78, 5) is 14.0. The lowest BCUT2D eigenvalue weighted by molar-refractivity contribution is -0.154. The molecule has 0 bridgehead atoms. The van der Waals surface area contributed by atoms with Crippen LogP contribution in [0.25, 0.3) is 0 Å². The van der Waals surface area contributed by atoms with Gasteiger partial charge in [-0.25, -0.2) is 8.78 Å². The third kappa shape index (κ3) is 1.32. The lowest BCUT2D eigenvalue weighted by Crippen LogP contribution is -2.46. The van der Waals surface area contributed by atoms with E-state index in [1.54, 1.807) is 6.92 Å². The molecule has 1 spiro atoms. The molecule has 0 aromatic rings. The third-order valence-corrected chi connectivity index (χ3v) is 4.61. The van der Waals surface area contributed by atoms with Gasteiger partial charge in [-0.1, -0.05) is 0 Å². The Balaban J connectivity index is 1.86. The fourth-order valence-corrected chi connectivity index (χ4v) is 3.66. The number of hydrogen-bond acceptors (Lipinski definition) is 3. The molecule has 2 atom stereocenters. The molecule has 3 nitrogen and oxygen atoms in total. The Morgan fingerprint density at radius 2 is 2.12 bits per heavy atom. The Morgan fingerprint density at radius 3 is 2.71 bits per heavy atom. The Bertz CT molecular complexity index is 374. The van der Waals surface area contributed by atoms with Crippen molar-refractivity contribution in [3.63, 3.8) is 0 Å². The van der Waals surface area contributed by atoms with Crippen LogP contribution in [0.4, 0.5) is 8.78 Å². The first kappa shape index (κ1) is 11.4. The molecule has 5 heteroatoms. The van der Waals surface area contributed by atoms with Crippen LogP contribution in [-0.4, -0.2) is 42.0 Å². The van der Waals surface area contributed by atoms with Crippen molar-refractivity contribution in [2.45, 2.75) is 44.1 Å². The summed E-state index contributed by atoms with van der Waals surface area (Å²) >= 11 is 0. The first-order valence-corrected chi connectivity index (χ1v) is 6.26. The van der Waals surface area contributed by atoms with Crippen LogP contribution in [0.3, 0.4) is 0 Å². The summed E-state index contributed by atoms with van der Waals surface area (Å²) in [5, 5.41) is 0. The Hall–Kier alpha value is -0.710. The minimum absolute atomic E-state index is 0.0579. The number of fused-ring (bicyclic) bond motifs is 1. The third-order valence-electron chi connectivity index (χ3n) is 4.61. The fraction of sp³-hybridized carbons (Fsp3) is 0.917. The molecule has 3 rings (SSSR count). The van der Waals surface area contributed by atoms with Gasteiger partial charge in [-0.05, 0) is 32.7 Å². The van der Waals surface area contributed by atoms with Crippen LogP contribution in [0, 0.1) is 5.41 Å². The summed E-state index contributed by atoms with van der Waals surface area (Å²) in [6.07, 6.45) is 1.80. The van der Waals surface area contributed by atoms with E-state index in [9.17, 15) is 13.6 Å². The van der Waals surface area contributed by atoms with E-state index >= 15 is 0 Å². The van der Waals surface area contributed by atoms with Crippen molar-refractivity contribution in [1.29, 1.82) is 0 Å². The van der Waals surface area contributed by atoms with Crippen LogP contribution in [0.15, 0.2) is 0 Å². The van der Waals surface area contributed by atoms with E-state index in [2.05, 4.69) is 0 Å². The lowest BCUT2D eigenvalue weighted by Gasteiger charge is -2.28. The van der Waals surface area contributed by atoms with Crippen molar-refractivity contribution in [3.05, 3.63) is 0 Å². The predicted octanol–water partition coefficient (Wildman–Crippen LogP) is 1.81. The van der Waals surface area contributed by atoms with Gasteiger partial charge in [0.2, 0.25) is 0 Å². The topological polar surface area (TPSA) is 29.5 Å². The van der Waals surface area contributed by atoms with Crippen molar-refractivity contribution in [2.24, 2.45) is 5.41 Å². The van der Waals surface area contributed by atoms with Gasteiger partial charge in [-0.15, -0.1) is 0 Å². The number of halogens is 2. The maximum absolute atomic E-state index is 13.4. The van der Waals surface area contributed by atoms with Crippen LogP contribution in [-0.2, 0) is 9.53 Å². The molecule has 2 aliphatic heterocycles. The molecular formula is C12H17F2NO2. The molecule has 2 heterocycles. The van der Waals surface area contributed by atoms with Gasteiger partial charge in [0.25, 0.3) is 5.92 Å². The summed E-state index contributed by atoms with van der Waals surface area (Å²) in [5.74, 6) is -2.87. The minimum Gasteiger partial charge on any atom is -0.465 e. The van der Waals surface area contributed by atoms with Crippen LogP contribution in [0.1, 0.15) is 32.6 Å². The zero-order chi connectivity index (χ0) is 12.3. The molecule has 0 N–H and O–H groups in total. The number of carbonyl (C=O) groups is 1. The number of hydrogen-bond donors (Lipinski definition) is 0. The molecule has 3 aliphatic rings. The Morgan fingerprint density at radius 1 is 1.41 bits per heavy atom. The maximum atomic E-state index is 13.4. The molecule has 0 radical (unpaired) electrons. The van der Waals surface area contributed by atoms with Crippen LogP contribution >= 0.6 is 0 Å². The molecule has 96 valence electrons. The SMILES string of the molecule is CCOC(=O)[C@@]12CCCN1C[C@]1(CC1(F)F)C2.